The Labute approximate surface area is 175 Å². The van der Waals surface area contributed by atoms with Crippen molar-refractivity contribution in [1.29, 1.82) is 0 Å². The number of amides is 1. The molecular formula is C23H25FN4O2. The molecule has 1 aliphatic rings. The van der Waals surface area contributed by atoms with Crippen LogP contribution in [0.2, 0.25) is 0 Å². The van der Waals surface area contributed by atoms with Crippen LogP contribution in [0, 0.1) is 5.82 Å². The summed E-state index contributed by atoms with van der Waals surface area (Å²) in [7, 11) is 0. The van der Waals surface area contributed by atoms with Crippen molar-refractivity contribution in [3.63, 3.8) is 0 Å². The highest BCUT2D eigenvalue weighted by Gasteiger charge is 2.27. The molecule has 6 nitrogen and oxygen atoms in total. The van der Waals surface area contributed by atoms with Crippen LogP contribution in [0.25, 0.3) is 11.3 Å². The lowest BCUT2D eigenvalue weighted by Gasteiger charge is -2.29. The van der Waals surface area contributed by atoms with Crippen molar-refractivity contribution >= 4 is 5.91 Å². The molecule has 30 heavy (non-hydrogen) atoms. The first-order chi connectivity index (χ1) is 14.7. The first kappa shape index (κ1) is 20.1. The molecule has 1 amide bonds. The highest BCUT2D eigenvalue weighted by Crippen LogP contribution is 2.24. The van der Waals surface area contributed by atoms with Crippen LogP contribution in [-0.2, 0) is 11.3 Å². The molecule has 0 spiro atoms. The molecule has 156 valence electrons. The number of para-hydroxylation sites is 1. The lowest BCUT2D eigenvalue weighted by Crippen LogP contribution is -2.43. The molecule has 7 heteroatoms. The largest absolute Gasteiger partial charge is 0.481 e. The van der Waals surface area contributed by atoms with Crippen molar-refractivity contribution in [2.45, 2.75) is 38.3 Å². The number of benzene rings is 1. The highest BCUT2D eigenvalue weighted by atomic mass is 19.1. The van der Waals surface area contributed by atoms with E-state index in [1.807, 2.05) is 34.0 Å². The standard InChI is InChI=1S/C23H25FN4O2/c24-20-7-3-4-8-22(20)30-17-23(29)28(19-5-1-2-6-19)16-15-27-14-11-21(26-27)18-9-12-25-13-10-18/h3-4,7-14,19H,1-2,5-6,15-17H2. The van der Waals surface area contributed by atoms with Crippen molar-refractivity contribution in [3.05, 3.63) is 66.9 Å². The summed E-state index contributed by atoms with van der Waals surface area (Å²) in [5.74, 6) is -0.476. The van der Waals surface area contributed by atoms with Gasteiger partial charge in [-0.15, -0.1) is 0 Å². The predicted molar refractivity (Wildman–Crippen MR) is 111 cm³/mol. The van der Waals surface area contributed by atoms with Gasteiger partial charge in [0.1, 0.15) is 0 Å². The van der Waals surface area contributed by atoms with Gasteiger partial charge < -0.3 is 9.64 Å². The maximum absolute atomic E-state index is 13.8. The molecule has 0 aliphatic heterocycles. The van der Waals surface area contributed by atoms with E-state index in [0.717, 1.165) is 36.9 Å². The van der Waals surface area contributed by atoms with Crippen LogP contribution in [0.4, 0.5) is 4.39 Å². The number of nitrogens with zero attached hydrogens (tertiary/aromatic N) is 4. The van der Waals surface area contributed by atoms with Gasteiger partial charge in [0, 0.05) is 36.7 Å². The van der Waals surface area contributed by atoms with E-state index >= 15 is 0 Å². The van der Waals surface area contributed by atoms with Gasteiger partial charge in [0.05, 0.1) is 12.2 Å². The summed E-state index contributed by atoms with van der Waals surface area (Å²) >= 11 is 0. The van der Waals surface area contributed by atoms with E-state index in [9.17, 15) is 9.18 Å². The van der Waals surface area contributed by atoms with E-state index < -0.39 is 5.82 Å². The summed E-state index contributed by atoms with van der Waals surface area (Å²) < 4.78 is 21.1. The number of ether oxygens (including phenoxy) is 1. The molecule has 1 aliphatic carbocycles. The molecule has 0 atom stereocenters. The maximum atomic E-state index is 13.8. The van der Waals surface area contributed by atoms with Gasteiger partial charge in [-0.25, -0.2) is 4.39 Å². The lowest BCUT2D eigenvalue weighted by atomic mass is 10.2. The van der Waals surface area contributed by atoms with E-state index in [-0.39, 0.29) is 24.3 Å². The zero-order valence-corrected chi connectivity index (χ0v) is 16.8. The minimum absolute atomic E-state index is 0.103. The van der Waals surface area contributed by atoms with Crippen molar-refractivity contribution in [1.82, 2.24) is 19.7 Å². The monoisotopic (exact) mass is 408 g/mol. The number of halogens is 1. The summed E-state index contributed by atoms with van der Waals surface area (Å²) in [6.07, 6.45) is 9.63. The Kier molecular flexibility index (Phi) is 6.37. The highest BCUT2D eigenvalue weighted by molar-refractivity contribution is 5.78. The van der Waals surface area contributed by atoms with Gasteiger partial charge in [0.25, 0.3) is 5.91 Å². The first-order valence-corrected chi connectivity index (χ1v) is 10.3. The summed E-state index contributed by atoms with van der Waals surface area (Å²) in [6.45, 7) is 0.966. The van der Waals surface area contributed by atoms with Crippen molar-refractivity contribution in [2.75, 3.05) is 13.2 Å². The van der Waals surface area contributed by atoms with Crippen molar-refractivity contribution < 1.29 is 13.9 Å². The van der Waals surface area contributed by atoms with Crippen LogP contribution in [0.3, 0.4) is 0 Å². The third-order valence-electron chi connectivity index (χ3n) is 5.46. The normalized spacial score (nSPS) is 14.0. The summed E-state index contributed by atoms with van der Waals surface area (Å²) in [5.41, 5.74) is 1.88. The Bertz CT molecular complexity index is 970. The summed E-state index contributed by atoms with van der Waals surface area (Å²) in [5, 5.41) is 4.61. The molecule has 4 rings (SSSR count). The topological polar surface area (TPSA) is 60.2 Å². The van der Waals surface area contributed by atoms with Crippen LogP contribution in [0.1, 0.15) is 25.7 Å². The van der Waals surface area contributed by atoms with Gasteiger partial charge in [-0.3, -0.25) is 14.5 Å². The molecule has 2 aromatic heterocycles. The predicted octanol–water partition coefficient (Wildman–Crippen LogP) is 3.93. The molecule has 0 bridgehead atoms. The molecule has 0 saturated heterocycles. The fourth-order valence-corrected chi connectivity index (χ4v) is 3.88. The van der Waals surface area contributed by atoms with E-state index in [0.29, 0.717) is 13.1 Å². The lowest BCUT2D eigenvalue weighted by molar-refractivity contribution is -0.135. The second-order valence-electron chi connectivity index (χ2n) is 7.44. The summed E-state index contributed by atoms with van der Waals surface area (Å²) in [4.78, 5) is 18.8. The second kappa shape index (κ2) is 9.52. The van der Waals surface area contributed by atoms with Crippen molar-refractivity contribution in [2.24, 2.45) is 0 Å². The molecular weight excluding hydrogens is 383 g/mol. The van der Waals surface area contributed by atoms with E-state index in [2.05, 4.69) is 10.1 Å². The van der Waals surface area contributed by atoms with Gasteiger partial charge in [0.2, 0.25) is 0 Å². The number of pyridine rings is 1. The molecule has 0 radical (unpaired) electrons. The molecule has 3 aromatic rings. The quantitative estimate of drug-likeness (QED) is 0.567. The summed E-state index contributed by atoms with van der Waals surface area (Å²) in [6, 6.07) is 12.1. The van der Waals surface area contributed by atoms with Gasteiger partial charge in [-0.05, 0) is 43.2 Å². The third kappa shape index (κ3) is 4.84. The van der Waals surface area contributed by atoms with Crippen LogP contribution in [0.5, 0.6) is 5.75 Å². The number of aromatic nitrogens is 3. The molecule has 2 heterocycles. The van der Waals surface area contributed by atoms with Crippen LogP contribution >= 0.6 is 0 Å². The first-order valence-electron chi connectivity index (χ1n) is 10.3. The van der Waals surface area contributed by atoms with E-state index in [4.69, 9.17) is 4.74 Å². The second-order valence-corrected chi connectivity index (χ2v) is 7.44. The van der Waals surface area contributed by atoms with Crippen LogP contribution < -0.4 is 4.74 Å². The van der Waals surface area contributed by atoms with Crippen LogP contribution in [-0.4, -0.2) is 44.8 Å². The number of carbonyl (C=O) groups is 1. The Morgan fingerprint density at radius 3 is 2.67 bits per heavy atom. The maximum Gasteiger partial charge on any atom is 0.260 e. The SMILES string of the molecule is O=C(COc1ccccc1F)N(CCn1ccc(-c2ccncc2)n1)C1CCCC1. The number of carbonyl (C=O) groups excluding carboxylic acids is 1. The molecule has 1 aromatic carbocycles. The molecule has 0 N–H and O–H groups in total. The van der Waals surface area contributed by atoms with Crippen LogP contribution in [0.15, 0.2) is 61.1 Å². The fraction of sp³-hybridized carbons (Fsp3) is 0.348. The molecule has 1 fully saturated rings. The van der Waals surface area contributed by atoms with Gasteiger partial charge in [-0.2, -0.15) is 5.10 Å². The Morgan fingerprint density at radius 1 is 1.13 bits per heavy atom. The molecule has 0 unspecified atom stereocenters. The number of hydrogen-bond donors (Lipinski definition) is 0. The number of hydrogen-bond acceptors (Lipinski definition) is 4. The average Bonchev–Trinajstić information content (AvgIpc) is 3.47. The number of rotatable bonds is 8. The zero-order valence-electron chi connectivity index (χ0n) is 16.8. The minimum atomic E-state index is -0.460. The van der Waals surface area contributed by atoms with Crippen molar-refractivity contribution in [3.8, 4) is 17.0 Å². The smallest absolute Gasteiger partial charge is 0.260 e. The fourth-order valence-electron chi connectivity index (χ4n) is 3.88. The van der Waals surface area contributed by atoms with E-state index in [1.54, 1.807) is 24.5 Å². The van der Waals surface area contributed by atoms with Gasteiger partial charge >= 0.3 is 0 Å². The average molecular weight is 408 g/mol. The Balaban J connectivity index is 1.39. The minimum Gasteiger partial charge on any atom is -0.481 e. The van der Waals surface area contributed by atoms with E-state index in [1.165, 1.54) is 12.1 Å². The zero-order chi connectivity index (χ0) is 20.8. The van der Waals surface area contributed by atoms with Gasteiger partial charge in [0.15, 0.2) is 18.2 Å². The Morgan fingerprint density at radius 2 is 1.90 bits per heavy atom. The Hall–Kier alpha value is -3.22. The molecule has 1 saturated carbocycles. The van der Waals surface area contributed by atoms with Gasteiger partial charge in [-0.1, -0.05) is 25.0 Å². The third-order valence-corrected chi connectivity index (χ3v) is 5.46.